The summed E-state index contributed by atoms with van der Waals surface area (Å²) in [5.41, 5.74) is 0.125. The minimum atomic E-state index is -4.88. The van der Waals surface area contributed by atoms with Crippen molar-refractivity contribution >= 4 is 28.4 Å². The van der Waals surface area contributed by atoms with E-state index in [4.69, 9.17) is 11.6 Å². The molecule has 140 valence electrons. The van der Waals surface area contributed by atoms with E-state index in [2.05, 4.69) is 15.0 Å². The van der Waals surface area contributed by atoms with E-state index >= 15 is 0 Å². The van der Waals surface area contributed by atoms with Gasteiger partial charge in [0.1, 0.15) is 11.3 Å². The minimum Gasteiger partial charge on any atom is -0.406 e. The van der Waals surface area contributed by atoms with Gasteiger partial charge in [-0.15, -0.1) is 13.2 Å². The fourth-order valence-electron chi connectivity index (χ4n) is 2.44. The van der Waals surface area contributed by atoms with Crippen molar-refractivity contribution in [3.8, 4) is 5.75 Å². The lowest BCUT2D eigenvalue weighted by atomic mass is 10.1. The molecule has 0 aliphatic rings. The van der Waals surface area contributed by atoms with Crippen LogP contribution in [-0.4, -0.2) is 17.3 Å². The first-order chi connectivity index (χ1) is 12.7. The van der Waals surface area contributed by atoms with Gasteiger partial charge in [0, 0.05) is 28.7 Å². The normalized spacial score (nSPS) is 11.4. The van der Waals surface area contributed by atoms with Crippen LogP contribution in [0.25, 0.3) is 10.9 Å². The number of ether oxygens (including phenoxy) is 1. The SMILES string of the molecule is O=C(NCc1ccc(Cl)cc1)c1c[nH]c2ccc(OC(F)(F)F)cc2c1=O. The smallest absolute Gasteiger partial charge is 0.406 e. The summed E-state index contributed by atoms with van der Waals surface area (Å²) in [7, 11) is 0. The number of H-pyrrole nitrogens is 1. The Balaban J connectivity index is 1.85. The molecule has 1 aromatic heterocycles. The van der Waals surface area contributed by atoms with E-state index in [1.54, 1.807) is 24.3 Å². The van der Waals surface area contributed by atoms with Gasteiger partial charge in [-0.2, -0.15) is 0 Å². The van der Waals surface area contributed by atoms with Crippen LogP contribution in [0.15, 0.2) is 53.5 Å². The van der Waals surface area contributed by atoms with Gasteiger partial charge in [-0.25, -0.2) is 0 Å². The highest BCUT2D eigenvalue weighted by Gasteiger charge is 2.31. The molecule has 3 aromatic rings. The van der Waals surface area contributed by atoms with Gasteiger partial charge in [0.15, 0.2) is 0 Å². The van der Waals surface area contributed by atoms with Crippen molar-refractivity contribution in [2.75, 3.05) is 0 Å². The van der Waals surface area contributed by atoms with Crippen LogP contribution in [0.3, 0.4) is 0 Å². The molecule has 1 heterocycles. The van der Waals surface area contributed by atoms with Crippen LogP contribution in [0.2, 0.25) is 5.02 Å². The molecule has 0 saturated heterocycles. The van der Waals surface area contributed by atoms with Crippen molar-refractivity contribution < 1.29 is 22.7 Å². The number of halogens is 4. The first-order valence-corrected chi connectivity index (χ1v) is 8.04. The Bertz CT molecular complexity index is 1050. The number of benzene rings is 2. The van der Waals surface area contributed by atoms with Gasteiger partial charge in [0.05, 0.1) is 0 Å². The van der Waals surface area contributed by atoms with Crippen molar-refractivity contribution in [2.45, 2.75) is 12.9 Å². The number of carbonyl (C=O) groups excluding carboxylic acids is 1. The lowest BCUT2D eigenvalue weighted by Crippen LogP contribution is -2.28. The fourth-order valence-corrected chi connectivity index (χ4v) is 2.57. The van der Waals surface area contributed by atoms with Crippen LogP contribution in [0.4, 0.5) is 13.2 Å². The van der Waals surface area contributed by atoms with Gasteiger partial charge in [0.25, 0.3) is 5.91 Å². The summed E-state index contributed by atoms with van der Waals surface area (Å²) in [6, 6.07) is 10.0. The van der Waals surface area contributed by atoms with Gasteiger partial charge in [-0.3, -0.25) is 9.59 Å². The van der Waals surface area contributed by atoms with E-state index < -0.39 is 23.4 Å². The number of aromatic nitrogens is 1. The molecule has 0 atom stereocenters. The Kier molecular flexibility index (Phi) is 5.09. The standard InChI is InChI=1S/C18H12ClF3N2O3/c19-11-3-1-10(2-4-11)8-24-17(26)14-9-23-15-6-5-12(27-18(20,21)22)7-13(15)16(14)25/h1-7,9H,8H2,(H,23,25)(H,24,26). The summed E-state index contributed by atoms with van der Waals surface area (Å²) in [6.45, 7) is 0.157. The summed E-state index contributed by atoms with van der Waals surface area (Å²) in [4.78, 5) is 27.5. The van der Waals surface area contributed by atoms with E-state index in [-0.39, 0.29) is 23.0 Å². The number of hydrogen-bond donors (Lipinski definition) is 2. The zero-order valence-corrected chi connectivity index (χ0v) is 14.3. The van der Waals surface area contributed by atoms with E-state index in [1.165, 1.54) is 12.3 Å². The number of pyridine rings is 1. The number of nitrogens with one attached hydrogen (secondary N) is 2. The molecule has 1 amide bonds. The molecule has 0 radical (unpaired) electrons. The van der Waals surface area contributed by atoms with Crippen LogP contribution in [0.1, 0.15) is 15.9 Å². The molecule has 27 heavy (non-hydrogen) atoms. The first-order valence-electron chi connectivity index (χ1n) is 7.67. The topological polar surface area (TPSA) is 71.2 Å². The number of hydrogen-bond acceptors (Lipinski definition) is 3. The number of amides is 1. The summed E-state index contributed by atoms with van der Waals surface area (Å²) in [5, 5.41) is 3.04. The van der Waals surface area contributed by atoms with Gasteiger partial charge in [-0.05, 0) is 35.9 Å². The monoisotopic (exact) mass is 396 g/mol. The predicted octanol–water partition coefficient (Wildman–Crippen LogP) is 4.01. The molecular weight excluding hydrogens is 385 g/mol. The van der Waals surface area contributed by atoms with Crippen molar-refractivity contribution in [1.82, 2.24) is 10.3 Å². The van der Waals surface area contributed by atoms with Crippen molar-refractivity contribution in [1.29, 1.82) is 0 Å². The number of aromatic amines is 1. The minimum absolute atomic E-state index is 0.0871. The molecule has 0 fully saturated rings. The molecule has 2 N–H and O–H groups in total. The Morgan fingerprint density at radius 3 is 2.52 bits per heavy atom. The van der Waals surface area contributed by atoms with E-state index in [0.29, 0.717) is 5.02 Å². The van der Waals surface area contributed by atoms with E-state index in [0.717, 1.165) is 17.7 Å². The maximum absolute atomic E-state index is 12.5. The predicted molar refractivity (Wildman–Crippen MR) is 93.9 cm³/mol. The Hall–Kier alpha value is -3.00. The van der Waals surface area contributed by atoms with E-state index in [9.17, 15) is 22.8 Å². The fraction of sp³-hybridized carbons (Fsp3) is 0.111. The number of alkyl halides is 3. The summed E-state index contributed by atoms with van der Waals surface area (Å²) in [6.07, 6.45) is -3.67. The number of rotatable bonds is 4. The van der Waals surface area contributed by atoms with Gasteiger partial charge in [-0.1, -0.05) is 23.7 Å². The molecule has 0 aliphatic carbocycles. The van der Waals surface area contributed by atoms with Crippen molar-refractivity contribution in [3.05, 3.63) is 75.0 Å². The molecule has 9 heteroatoms. The van der Waals surface area contributed by atoms with Crippen LogP contribution >= 0.6 is 11.6 Å². The largest absolute Gasteiger partial charge is 0.573 e. The second-order valence-corrected chi connectivity index (χ2v) is 6.03. The maximum Gasteiger partial charge on any atom is 0.573 e. The molecule has 0 bridgehead atoms. The maximum atomic E-state index is 12.5. The van der Waals surface area contributed by atoms with Gasteiger partial charge < -0.3 is 15.0 Å². The summed E-state index contributed by atoms with van der Waals surface area (Å²) in [5.74, 6) is -1.20. The average molecular weight is 397 g/mol. The van der Waals surface area contributed by atoms with Crippen LogP contribution in [0.5, 0.6) is 5.75 Å². The quantitative estimate of drug-likeness (QED) is 0.700. The van der Waals surface area contributed by atoms with Crippen LogP contribution in [-0.2, 0) is 6.54 Å². The Morgan fingerprint density at radius 2 is 1.85 bits per heavy atom. The zero-order chi connectivity index (χ0) is 19.6. The Morgan fingerprint density at radius 1 is 1.15 bits per heavy atom. The van der Waals surface area contributed by atoms with E-state index in [1.807, 2.05) is 0 Å². The van der Waals surface area contributed by atoms with Gasteiger partial charge in [0.2, 0.25) is 5.43 Å². The highest BCUT2D eigenvalue weighted by molar-refractivity contribution is 6.30. The van der Waals surface area contributed by atoms with Crippen LogP contribution < -0.4 is 15.5 Å². The Labute approximate surface area is 155 Å². The second kappa shape index (κ2) is 7.32. The molecule has 5 nitrogen and oxygen atoms in total. The number of carbonyl (C=O) groups is 1. The lowest BCUT2D eigenvalue weighted by molar-refractivity contribution is -0.274. The summed E-state index contributed by atoms with van der Waals surface area (Å²) < 4.78 is 40.9. The average Bonchev–Trinajstić information content (AvgIpc) is 2.60. The molecule has 3 rings (SSSR count). The highest BCUT2D eigenvalue weighted by atomic mass is 35.5. The molecule has 0 spiro atoms. The van der Waals surface area contributed by atoms with Crippen molar-refractivity contribution in [2.24, 2.45) is 0 Å². The molecule has 0 saturated carbocycles. The molecule has 2 aromatic carbocycles. The molecule has 0 aliphatic heterocycles. The third-order valence-corrected chi connectivity index (χ3v) is 3.95. The number of fused-ring (bicyclic) bond motifs is 1. The zero-order valence-electron chi connectivity index (χ0n) is 13.6. The highest BCUT2D eigenvalue weighted by Crippen LogP contribution is 2.24. The molecular formula is C18H12ClF3N2O3. The summed E-state index contributed by atoms with van der Waals surface area (Å²) >= 11 is 5.79. The molecule has 0 unspecified atom stereocenters. The van der Waals surface area contributed by atoms with Gasteiger partial charge >= 0.3 is 6.36 Å². The van der Waals surface area contributed by atoms with Crippen molar-refractivity contribution in [3.63, 3.8) is 0 Å². The third kappa shape index (κ3) is 4.59. The second-order valence-electron chi connectivity index (χ2n) is 5.60. The lowest BCUT2D eigenvalue weighted by Gasteiger charge is -2.10. The third-order valence-electron chi connectivity index (χ3n) is 3.70. The van der Waals surface area contributed by atoms with Crippen LogP contribution in [0, 0.1) is 0 Å². The first kappa shape index (κ1) is 18.8.